The van der Waals surface area contributed by atoms with Crippen LogP contribution in [0.25, 0.3) is 0 Å². The van der Waals surface area contributed by atoms with Gasteiger partial charge in [-0.2, -0.15) is 0 Å². The third kappa shape index (κ3) is 3.22. The van der Waals surface area contributed by atoms with Crippen LogP contribution in [-0.2, 0) is 6.61 Å². The normalized spacial score (nSPS) is 10.1. The second-order valence-corrected chi connectivity index (χ2v) is 4.44. The van der Waals surface area contributed by atoms with Crippen molar-refractivity contribution >= 4 is 17.6 Å². The lowest BCUT2D eigenvalue weighted by Crippen LogP contribution is -2.22. The molecular formula is C15H12ClO4-. The van der Waals surface area contributed by atoms with E-state index in [1.54, 1.807) is 30.3 Å². The molecule has 0 saturated carbocycles. The van der Waals surface area contributed by atoms with E-state index in [1.807, 2.05) is 0 Å². The monoisotopic (exact) mass is 291 g/mol. The lowest BCUT2D eigenvalue weighted by Gasteiger charge is -2.13. The van der Waals surface area contributed by atoms with E-state index in [-0.39, 0.29) is 12.2 Å². The zero-order valence-corrected chi connectivity index (χ0v) is 11.5. The molecule has 0 unspecified atom stereocenters. The van der Waals surface area contributed by atoms with Crippen LogP contribution in [0.3, 0.4) is 0 Å². The van der Waals surface area contributed by atoms with Gasteiger partial charge in [0.2, 0.25) is 0 Å². The van der Waals surface area contributed by atoms with Gasteiger partial charge in [-0.1, -0.05) is 23.7 Å². The Labute approximate surface area is 121 Å². The maximum atomic E-state index is 10.9. The van der Waals surface area contributed by atoms with Crippen LogP contribution in [0.15, 0.2) is 42.5 Å². The Balaban J connectivity index is 2.22. The van der Waals surface area contributed by atoms with Crippen LogP contribution in [0.5, 0.6) is 11.5 Å². The maximum Gasteiger partial charge on any atom is 0.138 e. The summed E-state index contributed by atoms with van der Waals surface area (Å²) < 4.78 is 10.7. The number of halogens is 1. The van der Waals surface area contributed by atoms with Gasteiger partial charge in [0.05, 0.1) is 18.1 Å². The van der Waals surface area contributed by atoms with Crippen LogP contribution in [0, 0.1) is 0 Å². The highest BCUT2D eigenvalue weighted by Crippen LogP contribution is 2.26. The van der Waals surface area contributed by atoms with Gasteiger partial charge in [0.1, 0.15) is 18.1 Å². The summed E-state index contributed by atoms with van der Waals surface area (Å²) >= 11 is 5.99. The van der Waals surface area contributed by atoms with Gasteiger partial charge in [0.25, 0.3) is 0 Å². The van der Waals surface area contributed by atoms with E-state index in [2.05, 4.69) is 0 Å². The Bertz CT molecular complexity index is 625. The SMILES string of the molecule is COc1ccc(C(=O)[O-])cc1COc1ccccc1Cl. The summed E-state index contributed by atoms with van der Waals surface area (Å²) in [7, 11) is 1.51. The Morgan fingerprint density at radius 1 is 1.20 bits per heavy atom. The molecule has 0 spiro atoms. The molecule has 0 fully saturated rings. The van der Waals surface area contributed by atoms with Gasteiger partial charge >= 0.3 is 0 Å². The van der Waals surface area contributed by atoms with E-state index < -0.39 is 5.97 Å². The van der Waals surface area contributed by atoms with Gasteiger partial charge in [-0.05, 0) is 35.9 Å². The van der Waals surface area contributed by atoms with Crippen LogP contribution in [0.1, 0.15) is 15.9 Å². The topological polar surface area (TPSA) is 58.6 Å². The van der Waals surface area contributed by atoms with Crippen molar-refractivity contribution in [3.05, 3.63) is 58.6 Å². The van der Waals surface area contributed by atoms with E-state index in [4.69, 9.17) is 21.1 Å². The van der Waals surface area contributed by atoms with Gasteiger partial charge < -0.3 is 19.4 Å². The quantitative estimate of drug-likeness (QED) is 0.848. The zero-order chi connectivity index (χ0) is 14.5. The molecule has 2 rings (SSSR count). The molecule has 0 heterocycles. The van der Waals surface area contributed by atoms with E-state index in [0.29, 0.717) is 22.1 Å². The molecule has 0 saturated heterocycles. The van der Waals surface area contributed by atoms with E-state index in [1.165, 1.54) is 19.2 Å². The summed E-state index contributed by atoms with van der Waals surface area (Å²) in [5.41, 5.74) is 0.678. The third-order valence-corrected chi connectivity index (χ3v) is 3.05. The molecule has 4 nitrogen and oxygen atoms in total. The largest absolute Gasteiger partial charge is 0.545 e. The minimum Gasteiger partial charge on any atom is -0.545 e. The predicted molar refractivity (Wildman–Crippen MR) is 73.1 cm³/mol. The van der Waals surface area contributed by atoms with Crippen molar-refractivity contribution in [3.63, 3.8) is 0 Å². The first kappa shape index (κ1) is 14.2. The molecule has 0 bridgehead atoms. The number of carbonyl (C=O) groups is 1. The number of methoxy groups -OCH3 is 1. The number of carbonyl (C=O) groups excluding carboxylic acids is 1. The number of ether oxygens (including phenoxy) is 2. The first-order valence-electron chi connectivity index (χ1n) is 5.87. The molecule has 0 N–H and O–H groups in total. The van der Waals surface area contributed by atoms with Gasteiger partial charge in [-0.25, -0.2) is 0 Å². The highest BCUT2D eigenvalue weighted by molar-refractivity contribution is 6.32. The third-order valence-electron chi connectivity index (χ3n) is 2.74. The smallest absolute Gasteiger partial charge is 0.138 e. The molecule has 0 atom stereocenters. The van der Waals surface area contributed by atoms with Crippen molar-refractivity contribution in [3.8, 4) is 11.5 Å². The summed E-state index contributed by atoms with van der Waals surface area (Å²) in [6.07, 6.45) is 0. The van der Waals surface area contributed by atoms with Gasteiger partial charge in [-0.15, -0.1) is 0 Å². The molecule has 2 aromatic rings. The van der Waals surface area contributed by atoms with Crippen molar-refractivity contribution in [2.75, 3.05) is 7.11 Å². The summed E-state index contributed by atoms with van der Waals surface area (Å²) in [5, 5.41) is 11.4. The number of carboxylic acid groups (broad SMARTS) is 1. The highest BCUT2D eigenvalue weighted by Gasteiger charge is 2.07. The van der Waals surface area contributed by atoms with Crippen molar-refractivity contribution < 1.29 is 19.4 Å². The number of aromatic carboxylic acids is 1. The lowest BCUT2D eigenvalue weighted by molar-refractivity contribution is -0.255. The number of benzene rings is 2. The second-order valence-electron chi connectivity index (χ2n) is 4.03. The Hall–Kier alpha value is -2.20. The van der Waals surface area contributed by atoms with Crippen LogP contribution in [0.2, 0.25) is 5.02 Å². The fourth-order valence-corrected chi connectivity index (χ4v) is 1.93. The fourth-order valence-electron chi connectivity index (χ4n) is 1.74. The average Bonchev–Trinajstić information content (AvgIpc) is 2.46. The summed E-state index contributed by atoms with van der Waals surface area (Å²) in [6.45, 7) is 0.147. The van der Waals surface area contributed by atoms with Crippen LogP contribution >= 0.6 is 11.6 Å². The summed E-state index contributed by atoms with van der Waals surface area (Å²) in [6, 6.07) is 11.5. The summed E-state index contributed by atoms with van der Waals surface area (Å²) in [4.78, 5) is 10.9. The zero-order valence-electron chi connectivity index (χ0n) is 10.8. The number of hydrogen-bond donors (Lipinski definition) is 0. The minimum absolute atomic E-state index is 0.0727. The number of hydrogen-bond acceptors (Lipinski definition) is 4. The first-order chi connectivity index (χ1) is 9.61. The molecule has 5 heteroatoms. The molecular weight excluding hydrogens is 280 g/mol. The van der Waals surface area contributed by atoms with Crippen molar-refractivity contribution in [1.29, 1.82) is 0 Å². The van der Waals surface area contributed by atoms with Crippen molar-refractivity contribution in [2.24, 2.45) is 0 Å². The molecule has 2 aromatic carbocycles. The summed E-state index contributed by atoms with van der Waals surface area (Å²) in [5.74, 6) is -0.177. The van der Waals surface area contributed by atoms with E-state index >= 15 is 0 Å². The number of carboxylic acids is 1. The number of rotatable bonds is 5. The van der Waals surface area contributed by atoms with Crippen molar-refractivity contribution in [2.45, 2.75) is 6.61 Å². The van der Waals surface area contributed by atoms with Gasteiger partial charge in [0, 0.05) is 5.56 Å². The Morgan fingerprint density at radius 3 is 2.60 bits per heavy atom. The molecule has 0 radical (unpaired) electrons. The molecule has 0 aliphatic carbocycles. The van der Waals surface area contributed by atoms with Crippen LogP contribution in [0.4, 0.5) is 0 Å². The average molecular weight is 292 g/mol. The molecule has 0 aliphatic heterocycles. The molecule has 0 amide bonds. The van der Waals surface area contributed by atoms with E-state index in [0.717, 1.165) is 0 Å². The Morgan fingerprint density at radius 2 is 1.95 bits per heavy atom. The van der Waals surface area contributed by atoms with Crippen LogP contribution in [-0.4, -0.2) is 13.1 Å². The lowest BCUT2D eigenvalue weighted by atomic mass is 10.1. The fraction of sp³-hybridized carbons (Fsp3) is 0.133. The molecule has 0 aliphatic rings. The van der Waals surface area contributed by atoms with Crippen molar-refractivity contribution in [1.82, 2.24) is 0 Å². The van der Waals surface area contributed by atoms with Gasteiger partial charge in [-0.3, -0.25) is 0 Å². The van der Waals surface area contributed by atoms with Crippen LogP contribution < -0.4 is 14.6 Å². The molecule has 20 heavy (non-hydrogen) atoms. The van der Waals surface area contributed by atoms with Gasteiger partial charge in [0.15, 0.2) is 0 Å². The standard InChI is InChI=1S/C15H13ClO4/c1-19-13-7-6-10(15(17)18)8-11(13)9-20-14-5-3-2-4-12(14)16/h2-8H,9H2,1H3,(H,17,18)/p-1. The number of para-hydroxylation sites is 1. The predicted octanol–water partition coefficient (Wildman–Crippen LogP) is 2.29. The molecule has 0 aromatic heterocycles. The minimum atomic E-state index is -1.24. The Kier molecular flexibility index (Phi) is 4.48. The first-order valence-corrected chi connectivity index (χ1v) is 6.25. The van der Waals surface area contributed by atoms with E-state index in [9.17, 15) is 9.90 Å². The molecule has 104 valence electrons. The second kappa shape index (κ2) is 6.30. The maximum absolute atomic E-state index is 10.9. The highest BCUT2D eigenvalue weighted by atomic mass is 35.5.